The van der Waals surface area contributed by atoms with Gasteiger partial charge in [-0.2, -0.15) is 0 Å². The van der Waals surface area contributed by atoms with Crippen molar-refractivity contribution in [3.05, 3.63) is 143 Å². The standard InChI is InChI=1S/C48H40NO6P/c1-52-47(50)31-23-19-29(20-24-31)39-27-33-11-3-5-13-35(33)43-44-36-14-6-4-12-34(36)28-40(30-21-25-32(26-22-30)48(51)53-2)46(44)55-56(54-45(39)43)49-41-17-9-7-15-37(41)38-16-8-10-18-42(38)49/h7-10,15-28H,3-6,11-14H2,1-2H3. The number of para-hydroxylation sites is 2. The van der Waals surface area contributed by atoms with Gasteiger partial charge in [0.25, 0.3) is 0 Å². The van der Waals surface area contributed by atoms with Crippen molar-refractivity contribution >= 4 is 63.8 Å². The van der Waals surface area contributed by atoms with Crippen LogP contribution in [0.3, 0.4) is 0 Å². The Labute approximate surface area is 325 Å². The molecule has 0 amide bonds. The van der Waals surface area contributed by atoms with Crippen molar-refractivity contribution in [1.82, 2.24) is 4.34 Å². The fourth-order valence-electron chi connectivity index (χ4n) is 9.06. The summed E-state index contributed by atoms with van der Waals surface area (Å²) in [6.45, 7) is 0. The first kappa shape index (κ1) is 34.5. The van der Waals surface area contributed by atoms with Crippen LogP contribution in [-0.4, -0.2) is 30.5 Å². The van der Waals surface area contributed by atoms with Gasteiger partial charge < -0.3 is 17.9 Å². The first-order valence-electron chi connectivity index (χ1n) is 19.4. The lowest BCUT2D eigenvalue weighted by Crippen LogP contribution is -2.07. The maximum atomic E-state index is 12.5. The van der Waals surface area contributed by atoms with Crippen LogP contribution in [0.1, 0.15) is 68.7 Å². The minimum Gasteiger partial charge on any atom is -0.465 e. The molecular formula is C48H40NO6P. The summed E-state index contributed by atoms with van der Waals surface area (Å²) in [6.07, 6.45) is 8.28. The molecule has 0 saturated carbocycles. The zero-order valence-electron chi connectivity index (χ0n) is 31.4. The largest absolute Gasteiger partial charge is 0.465 e. The summed E-state index contributed by atoms with van der Waals surface area (Å²) in [5, 5.41) is 4.52. The molecule has 2 aliphatic rings. The first-order chi connectivity index (χ1) is 27.5. The topological polar surface area (TPSA) is 83.8 Å². The molecule has 6 aromatic carbocycles. The SMILES string of the molecule is COC(=O)c1ccc(-c2cc3c(c4c2op(-n2c5ccccc5c5ccccc52)oc2c(-c5ccc(C(=O)OC)cc5)cc5c(c24)CCCC5)CCCC3)cc1. The van der Waals surface area contributed by atoms with E-state index in [9.17, 15) is 9.59 Å². The quantitative estimate of drug-likeness (QED) is 0.163. The van der Waals surface area contributed by atoms with Crippen LogP contribution in [0, 0.1) is 0 Å². The van der Waals surface area contributed by atoms with Crippen molar-refractivity contribution in [2.45, 2.75) is 51.4 Å². The van der Waals surface area contributed by atoms with Gasteiger partial charge in [0, 0.05) is 32.7 Å². The Balaban J connectivity index is 1.41. The molecule has 2 heterocycles. The number of hydrogen-bond donors (Lipinski definition) is 0. The molecule has 0 saturated heterocycles. The highest BCUT2D eigenvalue weighted by Crippen LogP contribution is 2.50. The number of hydrogen-bond acceptors (Lipinski definition) is 6. The molecular weight excluding hydrogens is 718 g/mol. The first-order valence-corrected chi connectivity index (χ1v) is 20.6. The van der Waals surface area contributed by atoms with Gasteiger partial charge in [-0.25, -0.2) is 13.9 Å². The van der Waals surface area contributed by atoms with Gasteiger partial charge in [-0.3, -0.25) is 0 Å². The normalized spacial score (nSPS) is 13.8. The van der Waals surface area contributed by atoms with Crippen LogP contribution >= 0.6 is 8.16 Å². The molecule has 2 aromatic heterocycles. The van der Waals surface area contributed by atoms with Crippen LogP contribution in [0.4, 0.5) is 0 Å². The molecule has 0 unspecified atom stereocenters. The second-order valence-electron chi connectivity index (χ2n) is 14.9. The lowest BCUT2D eigenvalue weighted by Gasteiger charge is -2.23. The Bertz CT molecular complexity index is 2730. The van der Waals surface area contributed by atoms with Crippen LogP contribution in [0.5, 0.6) is 0 Å². The fraction of sp³-hybridized carbons (Fsp3) is 0.208. The van der Waals surface area contributed by atoms with Crippen molar-refractivity contribution in [3.63, 3.8) is 0 Å². The van der Waals surface area contributed by atoms with E-state index in [1.165, 1.54) is 36.5 Å². The van der Waals surface area contributed by atoms with Crippen molar-refractivity contribution in [2.75, 3.05) is 14.2 Å². The van der Waals surface area contributed by atoms with E-state index in [0.717, 1.165) is 117 Å². The average Bonchev–Trinajstić information content (AvgIpc) is 3.48. The van der Waals surface area contributed by atoms with Crippen LogP contribution in [0.25, 0.3) is 66.0 Å². The van der Waals surface area contributed by atoms with Crippen molar-refractivity contribution in [1.29, 1.82) is 0 Å². The van der Waals surface area contributed by atoms with E-state index < -0.39 is 8.16 Å². The number of rotatable bonds is 5. The molecule has 10 rings (SSSR count). The molecule has 2 aliphatic carbocycles. The van der Waals surface area contributed by atoms with Gasteiger partial charge in [-0.1, -0.05) is 60.7 Å². The molecule has 278 valence electrons. The Kier molecular flexibility index (Phi) is 8.56. The van der Waals surface area contributed by atoms with E-state index >= 15 is 0 Å². The minimum absolute atomic E-state index is 0.368. The van der Waals surface area contributed by atoms with Gasteiger partial charge in [0.15, 0.2) is 11.2 Å². The fourth-order valence-corrected chi connectivity index (χ4v) is 10.7. The second-order valence-corrected chi connectivity index (χ2v) is 16.1. The zero-order chi connectivity index (χ0) is 37.9. The number of methoxy groups -OCH3 is 2. The smallest absolute Gasteiger partial charge is 0.346 e. The third-order valence-electron chi connectivity index (χ3n) is 11.7. The minimum atomic E-state index is -1.84. The van der Waals surface area contributed by atoms with E-state index in [-0.39, 0.29) is 11.9 Å². The summed E-state index contributed by atoms with van der Waals surface area (Å²) in [6, 6.07) is 36.9. The molecule has 0 aliphatic heterocycles. The maximum absolute atomic E-state index is 12.5. The summed E-state index contributed by atoms with van der Waals surface area (Å²) >= 11 is 0. The molecule has 8 aromatic rings. The zero-order valence-corrected chi connectivity index (χ0v) is 32.3. The summed E-state index contributed by atoms with van der Waals surface area (Å²) in [5.41, 5.74) is 13.9. The van der Waals surface area contributed by atoms with Crippen molar-refractivity contribution < 1.29 is 27.5 Å². The molecule has 0 N–H and O–H groups in total. The highest BCUT2D eigenvalue weighted by Gasteiger charge is 2.27. The number of carbonyl (C=O) groups excluding carboxylic acids is 2. The molecule has 0 atom stereocenters. The van der Waals surface area contributed by atoms with Gasteiger partial charge in [0.1, 0.15) is 0 Å². The van der Waals surface area contributed by atoms with Crippen LogP contribution in [0.15, 0.2) is 118 Å². The highest BCUT2D eigenvalue weighted by atomic mass is 31.1. The number of benzene rings is 6. The predicted molar refractivity (Wildman–Crippen MR) is 223 cm³/mol. The van der Waals surface area contributed by atoms with Gasteiger partial charge in [-0.05, 0) is 133 Å². The molecule has 8 heteroatoms. The molecule has 56 heavy (non-hydrogen) atoms. The predicted octanol–water partition coefficient (Wildman–Crippen LogP) is 12.4. The van der Waals surface area contributed by atoms with Gasteiger partial charge in [-0.15, -0.1) is 0 Å². The number of aromatic nitrogens is 1. The van der Waals surface area contributed by atoms with Crippen LogP contribution in [-0.2, 0) is 35.2 Å². The number of esters is 2. The second kappa shape index (κ2) is 13.9. The molecule has 0 bridgehead atoms. The van der Waals surface area contributed by atoms with Crippen molar-refractivity contribution in [3.8, 4) is 22.3 Å². The summed E-state index contributed by atoms with van der Waals surface area (Å²) < 4.78 is 27.5. The Morgan fingerprint density at radius 1 is 0.554 bits per heavy atom. The molecule has 0 fully saturated rings. The average molecular weight is 758 g/mol. The number of carbonyl (C=O) groups is 2. The monoisotopic (exact) mass is 757 g/mol. The van der Waals surface area contributed by atoms with E-state index in [4.69, 9.17) is 17.9 Å². The van der Waals surface area contributed by atoms with Gasteiger partial charge in [0.2, 0.25) is 0 Å². The van der Waals surface area contributed by atoms with Gasteiger partial charge in [0.05, 0.1) is 36.4 Å². The summed E-state index contributed by atoms with van der Waals surface area (Å²) in [4.78, 5) is 25.0. The highest BCUT2D eigenvalue weighted by molar-refractivity contribution is 7.36. The van der Waals surface area contributed by atoms with Gasteiger partial charge >= 0.3 is 20.1 Å². The number of nitrogens with zero attached hydrogens (tertiary/aromatic N) is 1. The lowest BCUT2D eigenvalue weighted by molar-refractivity contribution is 0.0592. The number of aryl methyl sites for hydroxylation is 4. The Morgan fingerprint density at radius 2 is 0.964 bits per heavy atom. The van der Waals surface area contributed by atoms with Crippen molar-refractivity contribution in [2.24, 2.45) is 0 Å². The third-order valence-corrected chi connectivity index (χ3v) is 13.2. The van der Waals surface area contributed by atoms with Crippen LogP contribution in [0.2, 0.25) is 0 Å². The number of ether oxygens (including phenoxy) is 2. The Morgan fingerprint density at radius 3 is 1.39 bits per heavy atom. The van der Waals surface area contributed by atoms with Crippen LogP contribution < -0.4 is 0 Å². The molecule has 7 nitrogen and oxygen atoms in total. The third kappa shape index (κ3) is 5.56. The molecule has 0 spiro atoms. The van der Waals surface area contributed by atoms with E-state index in [1.54, 1.807) is 0 Å². The maximum Gasteiger partial charge on any atom is 0.346 e. The summed E-state index contributed by atoms with van der Waals surface area (Å²) in [5.74, 6) is -0.735. The van der Waals surface area contributed by atoms with E-state index in [1.807, 2.05) is 48.5 Å². The summed E-state index contributed by atoms with van der Waals surface area (Å²) in [7, 11) is 0.975. The lowest BCUT2D eigenvalue weighted by atomic mass is 9.81. The van der Waals surface area contributed by atoms with E-state index in [0.29, 0.717) is 11.1 Å². The molecule has 0 radical (unpaired) electrons. The number of fused-ring (bicyclic) bond motifs is 10. The Hall–Kier alpha value is -6.04. The van der Waals surface area contributed by atoms with E-state index in [2.05, 4.69) is 65.0 Å².